The average molecular weight is 286 g/mol. The molecule has 0 fully saturated rings. The van der Waals surface area contributed by atoms with Crippen molar-refractivity contribution in [3.8, 4) is 5.75 Å². The van der Waals surface area contributed by atoms with Gasteiger partial charge in [0.25, 0.3) is 0 Å². The van der Waals surface area contributed by atoms with Crippen molar-refractivity contribution in [1.82, 2.24) is 20.5 Å². The number of aryl methyl sites for hydroxylation is 1. The summed E-state index contributed by atoms with van der Waals surface area (Å²) in [4.78, 5) is 4.44. The van der Waals surface area contributed by atoms with Gasteiger partial charge in [0, 0.05) is 12.5 Å². The van der Waals surface area contributed by atoms with Crippen molar-refractivity contribution in [3.05, 3.63) is 41.0 Å². The van der Waals surface area contributed by atoms with E-state index in [2.05, 4.69) is 39.6 Å². The van der Waals surface area contributed by atoms with Crippen LogP contribution in [0.15, 0.2) is 18.2 Å². The number of methoxy groups -OCH3 is 1. The normalized spacial score (nSPS) is 17.5. The lowest BCUT2D eigenvalue weighted by Crippen LogP contribution is -2.34. The molecule has 2 aromatic rings. The van der Waals surface area contributed by atoms with E-state index in [1.807, 2.05) is 6.07 Å². The lowest BCUT2D eigenvalue weighted by Gasteiger charge is -2.26. The molecule has 1 unspecified atom stereocenters. The van der Waals surface area contributed by atoms with Crippen LogP contribution in [-0.2, 0) is 25.8 Å². The molecule has 0 aliphatic heterocycles. The average Bonchev–Trinajstić information content (AvgIpc) is 3.00. The van der Waals surface area contributed by atoms with Gasteiger partial charge in [0.15, 0.2) is 0 Å². The number of aromatic nitrogens is 3. The topological polar surface area (TPSA) is 62.8 Å². The van der Waals surface area contributed by atoms with Crippen molar-refractivity contribution in [3.63, 3.8) is 0 Å². The molecule has 0 bridgehead atoms. The zero-order valence-electron chi connectivity index (χ0n) is 12.6. The molecule has 3 rings (SSSR count). The number of nitrogens with zero attached hydrogens (tertiary/aromatic N) is 2. The molecule has 1 atom stereocenters. The summed E-state index contributed by atoms with van der Waals surface area (Å²) >= 11 is 0. The number of H-pyrrole nitrogens is 1. The summed E-state index contributed by atoms with van der Waals surface area (Å²) < 4.78 is 5.45. The Labute approximate surface area is 125 Å². The maximum absolute atomic E-state index is 5.45. The van der Waals surface area contributed by atoms with Gasteiger partial charge in [0.2, 0.25) is 0 Å². The molecule has 1 heterocycles. The van der Waals surface area contributed by atoms with E-state index in [0.717, 1.165) is 49.6 Å². The second-order valence-electron chi connectivity index (χ2n) is 5.47. The smallest absolute Gasteiger partial charge is 0.150 e. The molecule has 1 aliphatic carbocycles. The Morgan fingerprint density at radius 2 is 2.33 bits per heavy atom. The van der Waals surface area contributed by atoms with Crippen molar-refractivity contribution in [1.29, 1.82) is 0 Å². The zero-order valence-corrected chi connectivity index (χ0v) is 12.6. The van der Waals surface area contributed by atoms with E-state index in [1.165, 1.54) is 11.1 Å². The molecule has 1 aromatic heterocycles. The van der Waals surface area contributed by atoms with Gasteiger partial charge in [0.05, 0.1) is 13.7 Å². The van der Waals surface area contributed by atoms with Crippen molar-refractivity contribution in [2.45, 2.75) is 45.2 Å². The summed E-state index contributed by atoms with van der Waals surface area (Å²) in [6.07, 6.45) is 4.10. The minimum Gasteiger partial charge on any atom is -0.496 e. The maximum Gasteiger partial charge on any atom is 0.150 e. The third-order valence-corrected chi connectivity index (χ3v) is 4.11. The van der Waals surface area contributed by atoms with E-state index in [0.29, 0.717) is 6.04 Å². The van der Waals surface area contributed by atoms with Gasteiger partial charge < -0.3 is 10.1 Å². The molecule has 0 saturated heterocycles. The van der Waals surface area contributed by atoms with Crippen LogP contribution in [0.4, 0.5) is 0 Å². The standard InChI is InChI=1S/C16H22N4O/c1-3-15-18-16(20-19-15)10-17-12-7-8-13-11(9-12)5-4-6-14(13)21-2/h4-6,12,17H,3,7-10H2,1-2H3,(H,18,19,20). The van der Waals surface area contributed by atoms with Crippen molar-refractivity contribution >= 4 is 0 Å². The number of aromatic amines is 1. The highest BCUT2D eigenvalue weighted by Crippen LogP contribution is 2.29. The molecule has 5 nitrogen and oxygen atoms in total. The summed E-state index contributed by atoms with van der Waals surface area (Å²) in [6, 6.07) is 6.81. The van der Waals surface area contributed by atoms with Gasteiger partial charge in [0.1, 0.15) is 17.4 Å². The van der Waals surface area contributed by atoms with E-state index in [-0.39, 0.29) is 0 Å². The molecule has 0 radical (unpaired) electrons. The Morgan fingerprint density at radius 1 is 1.43 bits per heavy atom. The molecule has 0 saturated carbocycles. The van der Waals surface area contributed by atoms with Crippen LogP contribution in [0.5, 0.6) is 5.75 Å². The van der Waals surface area contributed by atoms with E-state index in [1.54, 1.807) is 7.11 Å². The molecular weight excluding hydrogens is 264 g/mol. The molecule has 0 spiro atoms. The highest BCUT2D eigenvalue weighted by molar-refractivity contribution is 5.42. The van der Waals surface area contributed by atoms with Crippen LogP contribution in [0.25, 0.3) is 0 Å². The Balaban J connectivity index is 1.61. The van der Waals surface area contributed by atoms with Gasteiger partial charge in [-0.3, -0.25) is 5.10 Å². The van der Waals surface area contributed by atoms with Crippen molar-refractivity contribution in [2.75, 3.05) is 7.11 Å². The molecule has 5 heteroatoms. The van der Waals surface area contributed by atoms with Crippen LogP contribution in [0.1, 0.15) is 36.1 Å². The number of rotatable bonds is 5. The summed E-state index contributed by atoms with van der Waals surface area (Å²) in [5.41, 5.74) is 2.76. The first-order valence-corrected chi connectivity index (χ1v) is 7.58. The predicted octanol–water partition coefficient (Wildman–Crippen LogP) is 2.02. The van der Waals surface area contributed by atoms with Gasteiger partial charge in [-0.25, -0.2) is 4.98 Å². The molecular formula is C16H22N4O. The minimum absolute atomic E-state index is 0.486. The quantitative estimate of drug-likeness (QED) is 0.883. The van der Waals surface area contributed by atoms with E-state index < -0.39 is 0 Å². The highest BCUT2D eigenvalue weighted by Gasteiger charge is 2.21. The van der Waals surface area contributed by atoms with Gasteiger partial charge >= 0.3 is 0 Å². The first-order valence-electron chi connectivity index (χ1n) is 7.58. The Kier molecular flexibility index (Phi) is 4.20. The number of nitrogens with one attached hydrogen (secondary N) is 2. The second-order valence-corrected chi connectivity index (χ2v) is 5.47. The largest absolute Gasteiger partial charge is 0.496 e. The minimum atomic E-state index is 0.486. The fourth-order valence-electron chi connectivity index (χ4n) is 2.95. The predicted molar refractivity (Wildman–Crippen MR) is 81.4 cm³/mol. The van der Waals surface area contributed by atoms with Crippen molar-refractivity contribution < 1.29 is 4.74 Å². The molecule has 0 amide bonds. The highest BCUT2D eigenvalue weighted by atomic mass is 16.5. The van der Waals surface area contributed by atoms with E-state index in [4.69, 9.17) is 4.74 Å². The number of benzene rings is 1. The number of hydrogen-bond acceptors (Lipinski definition) is 4. The van der Waals surface area contributed by atoms with Gasteiger partial charge in [-0.2, -0.15) is 5.10 Å². The van der Waals surface area contributed by atoms with E-state index in [9.17, 15) is 0 Å². The van der Waals surface area contributed by atoms with Gasteiger partial charge in [-0.05, 0) is 36.5 Å². The van der Waals surface area contributed by atoms with Crippen molar-refractivity contribution in [2.24, 2.45) is 0 Å². The first-order chi connectivity index (χ1) is 10.3. The van der Waals surface area contributed by atoms with Crippen LogP contribution in [-0.4, -0.2) is 28.3 Å². The SMILES string of the molecule is CCc1n[nH]c(CNC2CCc3c(cccc3OC)C2)n1. The zero-order chi connectivity index (χ0) is 14.7. The number of hydrogen-bond donors (Lipinski definition) is 2. The Bertz CT molecular complexity index is 608. The van der Waals surface area contributed by atoms with Crippen LogP contribution in [0, 0.1) is 0 Å². The summed E-state index contributed by atoms with van der Waals surface area (Å²) in [5.74, 6) is 2.82. The fourth-order valence-corrected chi connectivity index (χ4v) is 2.95. The van der Waals surface area contributed by atoms with E-state index >= 15 is 0 Å². The monoisotopic (exact) mass is 286 g/mol. The number of fused-ring (bicyclic) bond motifs is 1. The molecule has 1 aliphatic rings. The third kappa shape index (κ3) is 3.08. The fraction of sp³-hybridized carbons (Fsp3) is 0.500. The van der Waals surface area contributed by atoms with Crippen LogP contribution in [0.3, 0.4) is 0 Å². The lowest BCUT2D eigenvalue weighted by molar-refractivity contribution is 0.396. The first kappa shape index (κ1) is 14.1. The summed E-state index contributed by atoms with van der Waals surface area (Å²) in [5, 5.41) is 10.7. The van der Waals surface area contributed by atoms with Crippen LogP contribution < -0.4 is 10.1 Å². The summed E-state index contributed by atoms with van der Waals surface area (Å²) in [7, 11) is 1.75. The van der Waals surface area contributed by atoms with Gasteiger partial charge in [-0.1, -0.05) is 19.1 Å². The molecule has 1 aromatic carbocycles. The maximum atomic E-state index is 5.45. The Morgan fingerprint density at radius 3 is 3.10 bits per heavy atom. The second kappa shape index (κ2) is 6.26. The number of ether oxygens (including phenoxy) is 1. The Hall–Kier alpha value is -1.88. The molecule has 112 valence electrons. The molecule has 2 N–H and O–H groups in total. The van der Waals surface area contributed by atoms with Crippen LogP contribution in [0.2, 0.25) is 0 Å². The van der Waals surface area contributed by atoms with Crippen LogP contribution >= 0.6 is 0 Å². The lowest BCUT2D eigenvalue weighted by atomic mass is 9.87. The summed E-state index contributed by atoms with van der Waals surface area (Å²) in [6.45, 7) is 2.81. The van der Waals surface area contributed by atoms with Gasteiger partial charge in [-0.15, -0.1) is 0 Å². The molecule has 21 heavy (non-hydrogen) atoms. The third-order valence-electron chi connectivity index (χ3n) is 4.11.